The standard InChI is InChI=1S/C28H21Cl2FN4O2/c1-2-19-4-3-18(13-24(19)28-34-33-27(37-28)20-5-8-22(31)9-6-20)16-36-26(15-35-12-11-32-17-35)23-10-7-21(29)14-25(23)30/h2-14,17,26H,1,15-16H2. The zero-order valence-electron chi connectivity index (χ0n) is 19.5. The van der Waals surface area contributed by atoms with Crippen molar-refractivity contribution in [1.82, 2.24) is 19.7 Å². The van der Waals surface area contributed by atoms with E-state index in [1.54, 1.807) is 42.9 Å². The third kappa shape index (κ3) is 5.80. The van der Waals surface area contributed by atoms with E-state index in [2.05, 4.69) is 21.8 Å². The quantitative estimate of drug-likeness (QED) is 0.194. The molecule has 9 heteroatoms. The van der Waals surface area contributed by atoms with Gasteiger partial charge in [0.2, 0.25) is 11.8 Å². The molecule has 0 aliphatic carbocycles. The molecule has 0 aliphatic heterocycles. The molecule has 2 heterocycles. The first kappa shape index (κ1) is 24.9. The van der Waals surface area contributed by atoms with Crippen molar-refractivity contribution in [3.05, 3.63) is 119 Å². The molecular weight excluding hydrogens is 514 g/mol. The number of ether oxygens (including phenoxy) is 1. The topological polar surface area (TPSA) is 66.0 Å². The highest BCUT2D eigenvalue weighted by atomic mass is 35.5. The molecule has 0 N–H and O–H groups in total. The molecule has 5 rings (SSSR count). The van der Waals surface area contributed by atoms with Gasteiger partial charge in [-0.2, -0.15) is 0 Å². The number of imidazole rings is 1. The van der Waals surface area contributed by atoms with Crippen LogP contribution in [0.2, 0.25) is 10.0 Å². The van der Waals surface area contributed by atoms with Crippen molar-refractivity contribution < 1.29 is 13.5 Å². The number of hydrogen-bond acceptors (Lipinski definition) is 5. The van der Waals surface area contributed by atoms with Crippen LogP contribution in [0.3, 0.4) is 0 Å². The third-order valence-corrected chi connectivity index (χ3v) is 6.34. The summed E-state index contributed by atoms with van der Waals surface area (Å²) >= 11 is 12.6. The highest BCUT2D eigenvalue weighted by Gasteiger charge is 2.19. The van der Waals surface area contributed by atoms with Gasteiger partial charge >= 0.3 is 0 Å². The van der Waals surface area contributed by atoms with E-state index < -0.39 is 0 Å². The molecule has 0 fully saturated rings. The molecule has 6 nitrogen and oxygen atoms in total. The maximum absolute atomic E-state index is 13.3. The number of halogens is 3. The Morgan fingerprint density at radius 1 is 1.03 bits per heavy atom. The Hall–Kier alpha value is -3.78. The minimum absolute atomic E-state index is 0.293. The smallest absolute Gasteiger partial charge is 0.248 e. The maximum Gasteiger partial charge on any atom is 0.248 e. The molecule has 5 aromatic rings. The van der Waals surface area contributed by atoms with E-state index in [9.17, 15) is 4.39 Å². The van der Waals surface area contributed by atoms with Crippen LogP contribution in [0.1, 0.15) is 22.8 Å². The van der Waals surface area contributed by atoms with Crippen LogP contribution >= 0.6 is 23.2 Å². The third-order valence-electron chi connectivity index (χ3n) is 5.78. The van der Waals surface area contributed by atoms with Crippen LogP contribution in [0, 0.1) is 5.82 Å². The first-order chi connectivity index (χ1) is 18.0. The van der Waals surface area contributed by atoms with E-state index >= 15 is 0 Å². The van der Waals surface area contributed by atoms with Gasteiger partial charge < -0.3 is 13.7 Å². The van der Waals surface area contributed by atoms with Gasteiger partial charge in [-0.1, -0.05) is 54.1 Å². The second kappa shape index (κ2) is 11.1. The van der Waals surface area contributed by atoms with E-state index in [0.717, 1.165) is 16.7 Å². The Morgan fingerprint density at radius 2 is 1.84 bits per heavy atom. The van der Waals surface area contributed by atoms with Crippen molar-refractivity contribution >= 4 is 29.3 Å². The Bertz CT molecular complexity index is 1520. The molecular formula is C28H21Cl2FN4O2. The van der Waals surface area contributed by atoms with Crippen LogP contribution in [0.15, 0.2) is 90.4 Å². The summed E-state index contributed by atoms with van der Waals surface area (Å²) < 4.78 is 27.5. The Balaban J connectivity index is 1.40. The van der Waals surface area contributed by atoms with E-state index in [1.807, 2.05) is 35.0 Å². The average Bonchev–Trinajstić information content (AvgIpc) is 3.60. The minimum atomic E-state index is -0.352. The lowest BCUT2D eigenvalue weighted by Crippen LogP contribution is -2.12. The first-order valence-corrected chi connectivity index (χ1v) is 12.1. The van der Waals surface area contributed by atoms with Crippen molar-refractivity contribution in [2.75, 3.05) is 0 Å². The second-order valence-electron chi connectivity index (χ2n) is 8.27. The first-order valence-electron chi connectivity index (χ1n) is 11.4. The fourth-order valence-corrected chi connectivity index (χ4v) is 4.41. The second-order valence-corrected chi connectivity index (χ2v) is 9.11. The van der Waals surface area contributed by atoms with Crippen LogP contribution in [0.4, 0.5) is 4.39 Å². The molecule has 0 bridgehead atoms. The van der Waals surface area contributed by atoms with Crippen molar-refractivity contribution in [3.63, 3.8) is 0 Å². The summed E-state index contributed by atoms with van der Waals surface area (Å²) in [6.45, 7) is 4.71. The number of rotatable bonds is 9. The van der Waals surface area contributed by atoms with Gasteiger partial charge in [-0.05, 0) is 53.6 Å². The number of benzene rings is 3. The normalized spacial score (nSPS) is 12.0. The van der Waals surface area contributed by atoms with Gasteiger partial charge in [0.25, 0.3) is 0 Å². The molecule has 1 unspecified atom stereocenters. The summed E-state index contributed by atoms with van der Waals surface area (Å²) in [6, 6.07) is 17.0. The maximum atomic E-state index is 13.3. The largest absolute Gasteiger partial charge is 0.416 e. The van der Waals surface area contributed by atoms with Gasteiger partial charge in [0, 0.05) is 39.1 Å². The van der Waals surface area contributed by atoms with Gasteiger partial charge in [-0.15, -0.1) is 10.2 Å². The zero-order chi connectivity index (χ0) is 25.8. The predicted octanol–water partition coefficient (Wildman–Crippen LogP) is 7.65. The van der Waals surface area contributed by atoms with Crippen molar-refractivity contribution in [3.8, 4) is 22.9 Å². The predicted molar refractivity (Wildman–Crippen MR) is 141 cm³/mol. The lowest BCUT2D eigenvalue weighted by Gasteiger charge is -2.20. The van der Waals surface area contributed by atoms with Gasteiger partial charge in [0.05, 0.1) is 19.5 Å². The lowest BCUT2D eigenvalue weighted by atomic mass is 10.0. The van der Waals surface area contributed by atoms with Gasteiger partial charge in [0.15, 0.2) is 0 Å². The fraction of sp³-hybridized carbons (Fsp3) is 0.107. The van der Waals surface area contributed by atoms with Crippen LogP contribution in [-0.2, 0) is 17.9 Å². The van der Waals surface area contributed by atoms with Crippen LogP contribution in [0.5, 0.6) is 0 Å². The molecule has 37 heavy (non-hydrogen) atoms. The summed E-state index contributed by atoms with van der Waals surface area (Å²) in [5.41, 5.74) is 3.88. The zero-order valence-corrected chi connectivity index (χ0v) is 21.0. The lowest BCUT2D eigenvalue weighted by molar-refractivity contribution is 0.0280. The summed E-state index contributed by atoms with van der Waals surface area (Å²) in [4.78, 5) is 4.12. The van der Waals surface area contributed by atoms with Gasteiger partial charge in [-0.3, -0.25) is 0 Å². The van der Waals surface area contributed by atoms with Crippen molar-refractivity contribution in [2.24, 2.45) is 0 Å². The van der Waals surface area contributed by atoms with Crippen LogP contribution in [-0.4, -0.2) is 19.7 Å². The number of hydrogen-bond donors (Lipinski definition) is 0. The molecule has 0 saturated heterocycles. The molecule has 0 amide bonds. The molecule has 0 radical (unpaired) electrons. The average molecular weight is 535 g/mol. The summed E-state index contributed by atoms with van der Waals surface area (Å²) in [5, 5.41) is 9.42. The molecule has 1 atom stereocenters. The summed E-state index contributed by atoms with van der Waals surface area (Å²) in [7, 11) is 0. The van der Waals surface area contributed by atoms with E-state index in [-0.39, 0.29) is 11.9 Å². The minimum Gasteiger partial charge on any atom is -0.416 e. The van der Waals surface area contributed by atoms with Gasteiger partial charge in [0.1, 0.15) is 11.9 Å². The van der Waals surface area contributed by atoms with E-state index in [4.69, 9.17) is 32.4 Å². The number of aromatic nitrogens is 4. The Kier molecular flexibility index (Phi) is 7.46. The molecule has 186 valence electrons. The van der Waals surface area contributed by atoms with Gasteiger partial charge in [-0.25, -0.2) is 9.37 Å². The monoisotopic (exact) mass is 534 g/mol. The Morgan fingerprint density at radius 3 is 2.57 bits per heavy atom. The molecule has 0 aliphatic rings. The van der Waals surface area contributed by atoms with Crippen molar-refractivity contribution in [1.29, 1.82) is 0 Å². The van der Waals surface area contributed by atoms with E-state index in [1.165, 1.54) is 12.1 Å². The Labute approximate surface area is 223 Å². The highest BCUT2D eigenvalue weighted by Crippen LogP contribution is 2.32. The SMILES string of the molecule is C=Cc1ccc(COC(Cn2ccnc2)c2ccc(Cl)cc2Cl)cc1-c1nnc(-c2ccc(F)cc2)o1. The highest BCUT2D eigenvalue weighted by molar-refractivity contribution is 6.35. The summed E-state index contributed by atoms with van der Waals surface area (Å²) in [6.07, 6.45) is 6.68. The number of nitrogens with zero attached hydrogens (tertiary/aromatic N) is 4. The molecule has 3 aromatic carbocycles. The summed E-state index contributed by atoms with van der Waals surface area (Å²) in [5.74, 6) is 0.285. The van der Waals surface area contributed by atoms with Crippen LogP contribution in [0.25, 0.3) is 29.0 Å². The van der Waals surface area contributed by atoms with Crippen LogP contribution < -0.4 is 0 Å². The molecule has 0 spiro atoms. The molecule has 0 saturated carbocycles. The van der Waals surface area contributed by atoms with Crippen molar-refractivity contribution in [2.45, 2.75) is 19.3 Å². The fourth-order valence-electron chi connectivity index (χ4n) is 3.88. The molecule has 2 aromatic heterocycles. The van der Waals surface area contributed by atoms with E-state index in [0.29, 0.717) is 46.1 Å².